The number of fused-ring (bicyclic) bond motifs is 1. The molecule has 1 aliphatic carbocycles. The van der Waals surface area contributed by atoms with Crippen molar-refractivity contribution in [3.8, 4) is 0 Å². The molecule has 2 aromatic rings. The minimum Gasteiger partial charge on any atom is -0.598 e. The fourth-order valence-corrected chi connectivity index (χ4v) is 6.32. The quantitative estimate of drug-likeness (QED) is 0.444. The van der Waals surface area contributed by atoms with E-state index in [1.54, 1.807) is 17.8 Å². The van der Waals surface area contributed by atoms with Gasteiger partial charge in [-0.05, 0) is 85.9 Å². The zero-order valence-corrected chi connectivity index (χ0v) is 22.0. The number of rotatable bonds is 3. The Labute approximate surface area is 205 Å². The molecule has 1 fully saturated rings. The molecule has 2 heterocycles. The molecule has 1 spiro atoms. The summed E-state index contributed by atoms with van der Waals surface area (Å²) in [6.07, 6.45) is 4.42. The average Bonchev–Trinajstić information content (AvgIpc) is 2.99. The van der Waals surface area contributed by atoms with Crippen molar-refractivity contribution in [3.63, 3.8) is 0 Å². The Bertz CT molecular complexity index is 1050. The summed E-state index contributed by atoms with van der Waals surface area (Å²) < 4.78 is 18.4. The van der Waals surface area contributed by atoms with Crippen LogP contribution in [0.3, 0.4) is 0 Å². The van der Waals surface area contributed by atoms with E-state index in [2.05, 4.69) is 20.7 Å². The highest BCUT2D eigenvalue weighted by Gasteiger charge is 2.50. The van der Waals surface area contributed by atoms with Crippen molar-refractivity contribution < 1.29 is 4.55 Å². The largest absolute Gasteiger partial charge is 0.598 e. The van der Waals surface area contributed by atoms with Gasteiger partial charge in [0.2, 0.25) is 5.95 Å². The lowest BCUT2D eigenvalue weighted by Crippen LogP contribution is -2.50. The van der Waals surface area contributed by atoms with Crippen molar-refractivity contribution in [2.45, 2.75) is 50.8 Å². The molecule has 1 N–H and O–H groups in total. The summed E-state index contributed by atoms with van der Waals surface area (Å²) in [5, 5.41) is 0.708. The third-order valence-corrected chi connectivity index (χ3v) is 9.04. The second kappa shape index (κ2) is 8.52. The fourth-order valence-electron chi connectivity index (χ4n) is 4.70. The first kappa shape index (κ1) is 23.4. The molecule has 1 aliphatic heterocycles. The second-order valence-corrected chi connectivity index (χ2v) is 13.2. The van der Waals surface area contributed by atoms with E-state index in [0.717, 1.165) is 32.4 Å². The molecule has 4 rings (SSSR count). The van der Waals surface area contributed by atoms with Gasteiger partial charge < -0.3 is 9.45 Å². The van der Waals surface area contributed by atoms with Gasteiger partial charge in [-0.3, -0.25) is 9.36 Å². The Hall–Kier alpha value is -0.810. The maximum atomic E-state index is 13.0. The molecule has 0 bridgehead atoms. The number of hydrogen-bond acceptors (Lipinski definition) is 5. The summed E-state index contributed by atoms with van der Waals surface area (Å²) in [7, 11) is 1.78. The van der Waals surface area contributed by atoms with Gasteiger partial charge in [-0.15, -0.1) is 4.72 Å². The lowest BCUT2D eigenvalue weighted by atomic mass is 9.73. The van der Waals surface area contributed by atoms with Crippen LogP contribution in [0.15, 0.2) is 29.2 Å². The number of aromatic nitrogens is 2. The zero-order valence-electron chi connectivity index (χ0n) is 18.2. The summed E-state index contributed by atoms with van der Waals surface area (Å²) >= 11 is 7.17. The first-order chi connectivity index (χ1) is 14.5. The summed E-state index contributed by atoms with van der Waals surface area (Å²) in [4.78, 5) is 19.1. The Morgan fingerprint density at radius 1 is 1.32 bits per heavy atom. The van der Waals surface area contributed by atoms with Gasteiger partial charge in [0.15, 0.2) is 0 Å². The monoisotopic (exact) mass is 574 g/mol. The third kappa shape index (κ3) is 4.38. The molecule has 0 unspecified atom stereocenters. The van der Waals surface area contributed by atoms with E-state index in [4.69, 9.17) is 11.6 Å². The molecule has 9 heteroatoms. The summed E-state index contributed by atoms with van der Waals surface area (Å²) in [5.74, 6) is 0.710. The predicted octanol–water partition coefficient (Wildman–Crippen LogP) is 3.97. The summed E-state index contributed by atoms with van der Waals surface area (Å²) in [5.41, 5.74) is 2.39. The van der Waals surface area contributed by atoms with Gasteiger partial charge in [0.1, 0.15) is 4.75 Å². The Kier molecular flexibility index (Phi) is 6.42. The third-order valence-electron chi connectivity index (χ3n) is 6.50. The number of halogens is 2. The van der Waals surface area contributed by atoms with Crippen molar-refractivity contribution in [1.82, 2.24) is 14.3 Å². The number of piperidine rings is 1. The molecule has 2 atom stereocenters. The number of hydrogen-bond donors (Lipinski definition) is 1. The standard InChI is InChI=1S/C22H28ClIN4O2S/c1-21(2,3)31(30)26-18-16-11-15(23)6-5-14(16)12-22(18)7-9-28(10-8-22)20-25-13-17(24)19(29)27(20)4/h5-6,11,13,18,26H,7-10,12H2,1-4H3/t18-,31-/m1/s1. The van der Waals surface area contributed by atoms with Crippen LogP contribution < -0.4 is 15.2 Å². The van der Waals surface area contributed by atoms with Crippen LogP contribution >= 0.6 is 34.2 Å². The van der Waals surface area contributed by atoms with Crippen LogP contribution in [0, 0.1) is 8.99 Å². The molecule has 6 nitrogen and oxygen atoms in total. The topological polar surface area (TPSA) is 73.2 Å². The van der Waals surface area contributed by atoms with Crippen LogP contribution in [0.5, 0.6) is 0 Å². The lowest BCUT2D eigenvalue weighted by molar-refractivity contribution is 0.175. The smallest absolute Gasteiger partial charge is 0.268 e. The van der Waals surface area contributed by atoms with Crippen LogP contribution in [0.25, 0.3) is 0 Å². The number of nitrogens with one attached hydrogen (secondary N) is 1. The SMILES string of the molecule is Cn1c(N2CCC3(CC2)Cc2ccc(Cl)cc2[C@H]3N[S@+]([O-])C(C)(C)C)ncc(I)c1=O. The molecule has 0 radical (unpaired) electrons. The molecule has 1 aromatic carbocycles. The summed E-state index contributed by atoms with van der Waals surface area (Å²) in [6, 6.07) is 6.06. The van der Waals surface area contributed by atoms with Crippen molar-refractivity contribution in [2.24, 2.45) is 12.5 Å². The molecular weight excluding hydrogens is 547 g/mol. The number of anilines is 1. The van der Waals surface area contributed by atoms with E-state index < -0.39 is 11.4 Å². The van der Waals surface area contributed by atoms with Crippen molar-refractivity contribution >= 4 is 51.5 Å². The Morgan fingerprint density at radius 2 is 2.00 bits per heavy atom. The van der Waals surface area contributed by atoms with E-state index in [1.807, 2.05) is 55.5 Å². The molecule has 0 saturated carbocycles. The first-order valence-corrected chi connectivity index (χ1v) is 13.1. The summed E-state index contributed by atoms with van der Waals surface area (Å²) in [6.45, 7) is 7.55. The lowest BCUT2D eigenvalue weighted by Gasteiger charge is -2.44. The fraction of sp³-hybridized carbons (Fsp3) is 0.545. The minimum absolute atomic E-state index is 0.0168. The predicted molar refractivity (Wildman–Crippen MR) is 135 cm³/mol. The van der Waals surface area contributed by atoms with Crippen molar-refractivity contribution in [2.75, 3.05) is 18.0 Å². The van der Waals surface area contributed by atoms with Crippen LogP contribution in [0.4, 0.5) is 5.95 Å². The highest BCUT2D eigenvalue weighted by molar-refractivity contribution is 14.1. The van der Waals surface area contributed by atoms with E-state index >= 15 is 0 Å². The van der Waals surface area contributed by atoms with Crippen LogP contribution in [0.1, 0.15) is 50.8 Å². The molecule has 168 valence electrons. The zero-order chi connectivity index (χ0) is 22.6. The highest BCUT2D eigenvalue weighted by Crippen LogP contribution is 2.53. The molecule has 0 amide bonds. The molecule has 1 saturated heterocycles. The Balaban J connectivity index is 1.62. The van der Waals surface area contributed by atoms with Crippen LogP contribution in [0.2, 0.25) is 5.02 Å². The van der Waals surface area contributed by atoms with Gasteiger partial charge in [-0.25, -0.2) is 4.98 Å². The van der Waals surface area contributed by atoms with Gasteiger partial charge in [0.25, 0.3) is 5.56 Å². The van der Waals surface area contributed by atoms with E-state index in [1.165, 1.54) is 11.1 Å². The molecule has 31 heavy (non-hydrogen) atoms. The van der Waals surface area contributed by atoms with Gasteiger partial charge in [-0.1, -0.05) is 17.7 Å². The minimum atomic E-state index is -1.19. The second-order valence-electron chi connectivity index (χ2n) is 9.57. The van der Waals surface area contributed by atoms with Gasteiger partial charge in [-0.2, -0.15) is 0 Å². The maximum Gasteiger partial charge on any atom is 0.268 e. The average molecular weight is 575 g/mol. The van der Waals surface area contributed by atoms with Crippen molar-refractivity contribution in [3.05, 3.63) is 54.5 Å². The molecular formula is C22H28ClIN4O2S. The van der Waals surface area contributed by atoms with Crippen LogP contribution in [-0.2, 0) is 24.8 Å². The highest BCUT2D eigenvalue weighted by atomic mass is 127. The van der Waals surface area contributed by atoms with Gasteiger partial charge in [0, 0.05) is 48.1 Å². The van der Waals surface area contributed by atoms with E-state index in [-0.39, 0.29) is 21.8 Å². The van der Waals surface area contributed by atoms with Crippen molar-refractivity contribution in [1.29, 1.82) is 0 Å². The van der Waals surface area contributed by atoms with E-state index in [0.29, 0.717) is 14.5 Å². The van der Waals surface area contributed by atoms with Gasteiger partial charge >= 0.3 is 0 Å². The van der Waals surface area contributed by atoms with Gasteiger partial charge in [0.05, 0.1) is 9.61 Å². The molecule has 2 aliphatic rings. The van der Waals surface area contributed by atoms with E-state index in [9.17, 15) is 9.35 Å². The maximum absolute atomic E-state index is 13.0. The normalized spacial score (nSPS) is 21.4. The van der Waals surface area contributed by atoms with Crippen LogP contribution in [-0.4, -0.2) is 31.9 Å². The number of benzene rings is 1. The molecule has 1 aromatic heterocycles. The Morgan fingerprint density at radius 3 is 2.65 bits per heavy atom. The first-order valence-electron chi connectivity index (χ1n) is 10.4. The number of nitrogens with zero attached hydrogens (tertiary/aromatic N) is 3.